The molecule has 0 spiro atoms. The Labute approximate surface area is 205 Å². The highest BCUT2D eigenvalue weighted by Gasteiger charge is 2.06. The van der Waals surface area contributed by atoms with Crippen LogP contribution in [0.2, 0.25) is 0 Å². The second-order valence-electron chi connectivity index (χ2n) is 9.02. The molecule has 0 aliphatic heterocycles. The lowest BCUT2D eigenvalue weighted by Crippen LogP contribution is -1.98. The fourth-order valence-electron chi connectivity index (χ4n) is 4.28. The lowest BCUT2D eigenvalue weighted by atomic mass is 9.93. The van der Waals surface area contributed by atoms with Gasteiger partial charge in [-0.2, -0.15) is 0 Å². The molecule has 0 fully saturated rings. The van der Waals surface area contributed by atoms with E-state index in [0.717, 1.165) is 19.3 Å². The summed E-state index contributed by atoms with van der Waals surface area (Å²) in [6.07, 6.45) is 12.0. The molecule has 0 amide bonds. The third kappa shape index (κ3) is 6.68. The molecule has 4 rings (SSSR count). The van der Waals surface area contributed by atoms with Crippen LogP contribution in [0.3, 0.4) is 0 Å². The maximum Gasteiger partial charge on any atom is -0.0150 e. The van der Waals surface area contributed by atoms with Crippen molar-refractivity contribution in [1.82, 2.24) is 0 Å². The van der Waals surface area contributed by atoms with E-state index in [1.807, 2.05) is 0 Å². The van der Waals surface area contributed by atoms with Gasteiger partial charge in [-0.05, 0) is 71.0 Å². The largest absolute Gasteiger partial charge is 0.0917 e. The van der Waals surface area contributed by atoms with Crippen molar-refractivity contribution in [2.45, 2.75) is 39.0 Å². The molecule has 0 nitrogen and oxygen atoms in total. The number of benzene rings is 4. The third-order valence-corrected chi connectivity index (χ3v) is 6.39. The summed E-state index contributed by atoms with van der Waals surface area (Å²) < 4.78 is 0. The van der Waals surface area contributed by atoms with Crippen molar-refractivity contribution in [3.8, 4) is 11.1 Å². The minimum absolute atomic E-state index is 0.521. The molecule has 0 saturated carbocycles. The van der Waals surface area contributed by atoms with Crippen LogP contribution < -0.4 is 0 Å². The number of hydrogen-bond donors (Lipinski definition) is 0. The molecule has 0 radical (unpaired) electrons. The Bertz CT molecular complexity index is 1190. The molecule has 0 unspecified atom stereocenters. The Morgan fingerprint density at radius 2 is 1.15 bits per heavy atom. The van der Waals surface area contributed by atoms with E-state index in [0.29, 0.717) is 5.92 Å². The standard InChI is InChI=1S/C34H34/c1-3-4-6-9-28-12-14-29(15-13-28)16-17-30-18-22-33(23-19-30)34-24-20-31(21-25-34)26-27(2)32-10-7-5-8-11-32/h3-5,7-8,10-25,27H,6,9,26H2,1-2H3/b4-3+,17-16?/t27-/m0/s1. The first kappa shape index (κ1) is 23.5. The van der Waals surface area contributed by atoms with Crippen molar-refractivity contribution in [3.05, 3.63) is 143 Å². The van der Waals surface area contributed by atoms with Crippen LogP contribution in [0, 0.1) is 0 Å². The van der Waals surface area contributed by atoms with Crippen molar-refractivity contribution < 1.29 is 0 Å². The molecule has 4 aromatic carbocycles. The maximum absolute atomic E-state index is 2.30. The van der Waals surface area contributed by atoms with E-state index in [1.165, 1.54) is 38.9 Å². The first-order valence-electron chi connectivity index (χ1n) is 12.3. The van der Waals surface area contributed by atoms with Gasteiger partial charge in [0.15, 0.2) is 0 Å². The van der Waals surface area contributed by atoms with E-state index in [1.54, 1.807) is 0 Å². The van der Waals surface area contributed by atoms with E-state index in [4.69, 9.17) is 0 Å². The van der Waals surface area contributed by atoms with Gasteiger partial charge in [0.2, 0.25) is 0 Å². The summed E-state index contributed by atoms with van der Waals surface area (Å²) in [5.41, 5.74) is 9.14. The zero-order chi connectivity index (χ0) is 23.6. The van der Waals surface area contributed by atoms with Gasteiger partial charge in [-0.15, -0.1) is 0 Å². The summed E-state index contributed by atoms with van der Waals surface area (Å²) in [6, 6.07) is 37.5. The van der Waals surface area contributed by atoms with Gasteiger partial charge in [0, 0.05) is 0 Å². The number of aryl methyl sites for hydroxylation is 1. The van der Waals surface area contributed by atoms with Crippen LogP contribution in [-0.2, 0) is 12.8 Å². The molecule has 0 heteroatoms. The molecule has 0 bridgehead atoms. The van der Waals surface area contributed by atoms with E-state index in [9.17, 15) is 0 Å². The van der Waals surface area contributed by atoms with Crippen molar-refractivity contribution in [1.29, 1.82) is 0 Å². The Hall–Kier alpha value is -3.64. The van der Waals surface area contributed by atoms with E-state index in [-0.39, 0.29) is 0 Å². The predicted molar refractivity (Wildman–Crippen MR) is 149 cm³/mol. The van der Waals surface area contributed by atoms with Crippen LogP contribution in [0.25, 0.3) is 23.3 Å². The Morgan fingerprint density at radius 3 is 1.74 bits per heavy atom. The molecule has 0 N–H and O–H groups in total. The van der Waals surface area contributed by atoms with Crippen molar-refractivity contribution in [2.75, 3.05) is 0 Å². The van der Waals surface area contributed by atoms with Crippen molar-refractivity contribution in [2.24, 2.45) is 0 Å². The van der Waals surface area contributed by atoms with Gasteiger partial charge >= 0.3 is 0 Å². The van der Waals surface area contributed by atoms with Crippen LogP contribution in [0.15, 0.2) is 115 Å². The molecule has 0 aliphatic rings. The van der Waals surface area contributed by atoms with Gasteiger partial charge in [-0.25, -0.2) is 0 Å². The average Bonchev–Trinajstić information content (AvgIpc) is 2.90. The SMILES string of the molecule is C/C=C/CCc1ccc(C=Cc2ccc(-c3ccc(C[C@H](C)c4ccccc4)cc3)cc2)cc1. The molecule has 0 aromatic heterocycles. The van der Waals surface area contributed by atoms with Crippen LogP contribution in [0.4, 0.5) is 0 Å². The average molecular weight is 443 g/mol. The molecule has 34 heavy (non-hydrogen) atoms. The summed E-state index contributed by atoms with van der Waals surface area (Å²) in [6.45, 7) is 4.37. The first-order chi connectivity index (χ1) is 16.7. The molecule has 0 aliphatic carbocycles. The zero-order valence-electron chi connectivity index (χ0n) is 20.3. The number of allylic oxidation sites excluding steroid dienone is 2. The number of hydrogen-bond acceptors (Lipinski definition) is 0. The fraction of sp³-hybridized carbons (Fsp3) is 0.176. The molecular formula is C34H34. The molecular weight excluding hydrogens is 408 g/mol. The highest BCUT2D eigenvalue weighted by molar-refractivity contribution is 5.72. The quantitative estimate of drug-likeness (QED) is 0.179. The first-order valence-corrected chi connectivity index (χ1v) is 12.3. The van der Waals surface area contributed by atoms with Crippen LogP contribution in [-0.4, -0.2) is 0 Å². The van der Waals surface area contributed by atoms with E-state index >= 15 is 0 Å². The van der Waals surface area contributed by atoms with Gasteiger partial charge in [-0.1, -0.05) is 134 Å². The van der Waals surface area contributed by atoms with Gasteiger partial charge in [0.25, 0.3) is 0 Å². The van der Waals surface area contributed by atoms with Crippen LogP contribution >= 0.6 is 0 Å². The topological polar surface area (TPSA) is 0 Å². The second-order valence-corrected chi connectivity index (χ2v) is 9.02. The highest BCUT2D eigenvalue weighted by Crippen LogP contribution is 2.24. The summed E-state index contributed by atoms with van der Waals surface area (Å²) in [5, 5.41) is 0. The second kappa shape index (κ2) is 12.0. The molecule has 0 heterocycles. The monoisotopic (exact) mass is 442 g/mol. The summed E-state index contributed by atoms with van der Waals surface area (Å²) in [4.78, 5) is 0. The highest BCUT2D eigenvalue weighted by atomic mass is 14.1. The number of rotatable bonds is 9. The summed E-state index contributed by atoms with van der Waals surface area (Å²) in [7, 11) is 0. The fourth-order valence-corrected chi connectivity index (χ4v) is 4.28. The smallest absolute Gasteiger partial charge is 0.0150 e. The zero-order valence-corrected chi connectivity index (χ0v) is 20.3. The van der Waals surface area contributed by atoms with E-state index in [2.05, 4.69) is 141 Å². The normalized spacial score (nSPS) is 12.4. The Kier molecular flexibility index (Phi) is 8.30. The third-order valence-electron chi connectivity index (χ3n) is 6.39. The van der Waals surface area contributed by atoms with E-state index < -0.39 is 0 Å². The summed E-state index contributed by atoms with van der Waals surface area (Å²) >= 11 is 0. The Balaban J connectivity index is 1.35. The molecule has 0 saturated heterocycles. The van der Waals surface area contributed by atoms with Crippen LogP contribution in [0.5, 0.6) is 0 Å². The minimum atomic E-state index is 0.521. The molecule has 1 atom stereocenters. The summed E-state index contributed by atoms with van der Waals surface area (Å²) in [5.74, 6) is 0.521. The molecule has 4 aromatic rings. The van der Waals surface area contributed by atoms with Gasteiger partial charge in [0.1, 0.15) is 0 Å². The predicted octanol–water partition coefficient (Wildman–Crippen LogP) is 9.38. The van der Waals surface area contributed by atoms with Gasteiger partial charge in [0.05, 0.1) is 0 Å². The van der Waals surface area contributed by atoms with Crippen molar-refractivity contribution >= 4 is 12.2 Å². The lowest BCUT2D eigenvalue weighted by molar-refractivity contribution is 0.759. The van der Waals surface area contributed by atoms with Gasteiger partial charge in [-0.3, -0.25) is 0 Å². The maximum atomic E-state index is 2.30. The minimum Gasteiger partial charge on any atom is -0.0917 e. The van der Waals surface area contributed by atoms with Crippen LogP contribution in [0.1, 0.15) is 54.0 Å². The van der Waals surface area contributed by atoms with Gasteiger partial charge < -0.3 is 0 Å². The lowest BCUT2D eigenvalue weighted by Gasteiger charge is -2.12. The Morgan fingerprint density at radius 1 is 0.618 bits per heavy atom. The molecule has 170 valence electrons. The van der Waals surface area contributed by atoms with Crippen molar-refractivity contribution in [3.63, 3.8) is 0 Å².